The Balaban J connectivity index is 1.41. The number of hydrogen-bond acceptors (Lipinski definition) is 4. The number of carbonyl (C=O) groups is 1. The second-order valence-corrected chi connectivity index (χ2v) is 6.41. The van der Waals surface area contributed by atoms with Crippen molar-refractivity contribution in [2.45, 2.75) is 25.2 Å². The molecule has 1 atom stereocenters. The van der Waals surface area contributed by atoms with E-state index in [-0.39, 0.29) is 17.6 Å². The summed E-state index contributed by atoms with van der Waals surface area (Å²) in [5.74, 6) is 0.694. The quantitative estimate of drug-likeness (QED) is 0.706. The van der Waals surface area contributed by atoms with E-state index >= 15 is 0 Å². The van der Waals surface area contributed by atoms with E-state index in [0.717, 1.165) is 6.42 Å². The maximum atomic E-state index is 13.1. The van der Waals surface area contributed by atoms with Crippen LogP contribution in [0.5, 0.6) is 0 Å². The smallest absolute Gasteiger partial charge is 0.227 e. The Bertz CT molecular complexity index is 893. The summed E-state index contributed by atoms with van der Waals surface area (Å²) in [6.45, 7) is 0.474. The third-order valence-corrected chi connectivity index (χ3v) is 4.58. The van der Waals surface area contributed by atoms with Crippen LogP contribution in [-0.2, 0) is 17.6 Å². The average molecular weight is 351 g/mol. The number of benzene rings is 2. The molecule has 1 aliphatic heterocycles. The van der Waals surface area contributed by atoms with Gasteiger partial charge in [-0.05, 0) is 36.2 Å². The highest BCUT2D eigenvalue weighted by Gasteiger charge is 2.34. The van der Waals surface area contributed by atoms with Crippen LogP contribution in [0, 0.1) is 5.82 Å². The molecule has 1 unspecified atom stereocenters. The summed E-state index contributed by atoms with van der Waals surface area (Å²) in [7, 11) is 0. The second-order valence-electron chi connectivity index (χ2n) is 6.41. The lowest BCUT2D eigenvalue weighted by molar-refractivity contribution is -0.117. The van der Waals surface area contributed by atoms with Gasteiger partial charge in [0.15, 0.2) is 5.82 Å². The summed E-state index contributed by atoms with van der Waals surface area (Å²) in [4.78, 5) is 18.4. The predicted octanol–water partition coefficient (Wildman–Crippen LogP) is 3.51. The second kappa shape index (κ2) is 7.07. The Morgan fingerprint density at radius 2 is 1.85 bits per heavy atom. The molecule has 0 bridgehead atoms. The molecule has 4 rings (SSSR count). The number of amides is 1. The lowest BCUT2D eigenvalue weighted by Gasteiger charge is -2.15. The number of carbonyl (C=O) groups excluding carboxylic acids is 1. The van der Waals surface area contributed by atoms with Crippen LogP contribution in [0.15, 0.2) is 59.1 Å². The minimum atomic E-state index is -0.321. The van der Waals surface area contributed by atoms with Gasteiger partial charge in [-0.2, -0.15) is 4.98 Å². The van der Waals surface area contributed by atoms with Gasteiger partial charge < -0.3 is 9.42 Å². The first-order chi connectivity index (χ1) is 12.7. The van der Waals surface area contributed by atoms with E-state index in [0.29, 0.717) is 36.8 Å². The van der Waals surface area contributed by atoms with Gasteiger partial charge in [-0.15, -0.1) is 0 Å². The molecule has 1 amide bonds. The van der Waals surface area contributed by atoms with Crippen molar-refractivity contribution in [3.63, 3.8) is 0 Å². The van der Waals surface area contributed by atoms with Gasteiger partial charge >= 0.3 is 0 Å². The van der Waals surface area contributed by atoms with Crippen molar-refractivity contribution >= 4 is 11.6 Å². The van der Waals surface area contributed by atoms with E-state index in [1.54, 1.807) is 17.0 Å². The molecule has 26 heavy (non-hydrogen) atoms. The molecule has 0 radical (unpaired) electrons. The van der Waals surface area contributed by atoms with Crippen LogP contribution in [0.2, 0.25) is 0 Å². The highest BCUT2D eigenvalue weighted by Crippen LogP contribution is 2.30. The Hall–Kier alpha value is -3.02. The van der Waals surface area contributed by atoms with E-state index in [4.69, 9.17) is 4.52 Å². The number of aromatic nitrogens is 2. The van der Waals surface area contributed by atoms with Gasteiger partial charge in [-0.3, -0.25) is 4.79 Å². The summed E-state index contributed by atoms with van der Waals surface area (Å²) in [5, 5.41) is 4.06. The minimum Gasteiger partial charge on any atom is -0.339 e. The SMILES string of the molecule is O=C1CC(c2noc(CCc3ccccc3)n2)CN1c1ccc(F)cc1. The molecular formula is C20H18FN3O2. The van der Waals surface area contributed by atoms with Crippen LogP contribution in [0.1, 0.15) is 29.6 Å². The molecule has 0 saturated carbocycles. The molecule has 0 N–H and O–H groups in total. The highest BCUT2D eigenvalue weighted by atomic mass is 19.1. The first kappa shape index (κ1) is 16.4. The van der Waals surface area contributed by atoms with Gasteiger partial charge in [0.1, 0.15) is 5.82 Å². The lowest BCUT2D eigenvalue weighted by atomic mass is 10.1. The summed E-state index contributed by atoms with van der Waals surface area (Å²) in [6.07, 6.45) is 1.82. The van der Waals surface area contributed by atoms with Crippen molar-refractivity contribution in [1.29, 1.82) is 0 Å². The molecule has 0 aliphatic carbocycles. The molecule has 1 aromatic heterocycles. The Labute approximate surface area is 150 Å². The molecular weight excluding hydrogens is 333 g/mol. The maximum absolute atomic E-state index is 13.1. The predicted molar refractivity (Wildman–Crippen MR) is 94.3 cm³/mol. The van der Waals surface area contributed by atoms with Crippen LogP contribution in [0.3, 0.4) is 0 Å². The number of anilines is 1. The molecule has 2 heterocycles. The normalized spacial score (nSPS) is 17.0. The summed E-state index contributed by atoms with van der Waals surface area (Å²) in [6, 6.07) is 16.0. The number of nitrogens with zero attached hydrogens (tertiary/aromatic N) is 3. The van der Waals surface area contributed by atoms with E-state index in [1.807, 2.05) is 18.2 Å². The van der Waals surface area contributed by atoms with Gasteiger partial charge in [0, 0.05) is 31.0 Å². The molecule has 0 spiro atoms. The van der Waals surface area contributed by atoms with Gasteiger partial charge in [-0.25, -0.2) is 4.39 Å². The molecule has 3 aromatic rings. The zero-order valence-electron chi connectivity index (χ0n) is 14.1. The Kier molecular flexibility index (Phi) is 4.48. The van der Waals surface area contributed by atoms with Crippen molar-refractivity contribution in [3.05, 3.63) is 77.7 Å². The molecule has 1 fully saturated rings. The van der Waals surface area contributed by atoms with Crippen molar-refractivity contribution in [1.82, 2.24) is 10.1 Å². The highest BCUT2D eigenvalue weighted by molar-refractivity contribution is 5.96. The van der Waals surface area contributed by atoms with E-state index < -0.39 is 0 Å². The first-order valence-electron chi connectivity index (χ1n) is 8.61. The van der Waals surface area contributed by atoms with Gasteiger partial charge in [0.25, 0.3) is 0 Å². The van der Waals surface area contributed by atoms with Crippen molar-refractivity contribution in [2.75, 3.05) is 11.4 Å². The number of aryl methyl sites for hydroxylation is 2. The molecule has 1 aliphatic rings. The van der Waals surface area contributed by atoms with Crippen molar-refractivity contribution in [3.8, 4) is 0 Å². The van der Waals surface area contributed by atoms with Gasteiger partial charge in [-0.1, -0.05) is 35.5 Å². The maximum Gasteiger partial charge on any atom is 0.227 e. The fourth-order valence-corrected chi connectivity index (χ4v) is 3.18. The van der Waals surface area contributed by atoms with Crippen LogP contribution < -0.4 is 4.90 Å². The number of hydrogen-bond donors (Lipinski definition) is 0. The van der Waals surface area contributed by atoms with Gasteiger partial charge in [0.2, 0.25) is 11.8 Å². The third kappa shape index (κ3) is 3.49. The number of halogens is 1. The standard InChI is InChI=1S/C20H18FN3O2/c21-16-7-9-17(10-8-16)24-13-15(12-19(24)25)20-22-18(26-23-20)11-6-14-4-2-1-3-5-14/h1-5,7-10,15H,6,11-13H2. The molecule has 2 aromatic carbocycles. The summed E-state index contributed by atoms with van der Waals surface area (Å²) in [5.41, 5.74) is 1.90. The fraction of sp³-hybridized carbons (Fsp3) is 0.250. The minimum absolute atomic E-state index is 0.0164. The topological polar surface area (TPSA) is 59.2 Å². The first-order valence-corrected chi connectivity index (χ1v) is 8.61. The Morgan fingerprint density at radius 1 is 1.08 bits per heavy atom. The Morgan fingerprint density at radius 3 is 2.62 bits per heavy atom. The van der Waals surface area contributed by atoms with Gasteiger partial charge in [0.05, 0.1) is 0 Å². The van der Waals surface area contributed by atoms with E-state index in [2.05, 4.69) is 22.3 Å². The zero-order chi connectivity index (χ0) is 17.9. The lowest BCUT2D eigenvalue weighted by Crippen LogP contribution is -2.24. The van der Waals surface area contributed by atoms with Crippen LogP contribution in [-0.4, -0.2) is 22.6 Å². The zero-order valence-corrected chi connectivity index (χ0v) is 14.1. The molecule has 132 valence electrons. The summed E-state index contributed by atoms with van der Waals surface area (Å²) >= 11 is 0. The van der Waals surface area contributed by atoms with E-state index in [9.17, 15) is 9.18 Å². The molecule has 1 saturated heterocycles. The summed E-state index contributed by atoms with van der Waals surface area (Å²) < 4.78 is 18.4. The molecule has 5 nitrogen and oxygen atoms in total. The van der Waals surface area contributed by atoms with Crippen molar-refractivity contribution in [2.24, 2.45) is 0 Å². The third-order valence-electron chi connectivity index (χ3n) is 4.58. The van der Waals surface area contributed by atoms with E-state index in [1.165, 1.54) is 17.7 Å². The molecule has 6 heteroatoms. The largest absolute Gasteiger partial charge is 0.339 e. The monoisotopic (exact) mass is 351 g/mol. The fourth-order valence-electron chi connectivity index (χ4n) is 3.18. The van der Waals surface area contributed by atoms with Crippen LogP contribution in [0.4, 0.5) is 10.1 Å². The van der Waals surface area contributed by atoms with Crippen LogP contribution >= 0.6 is 0 Å². The number of rotatable bonds is 5. The van der Waals surface area contributed by atoms with Crippen molar-refractivity contribution < 1.29 is 13.7 Å². The van der Waals surface area contributed by atoms with Crippen LogP contribution in [0.25, 0.3) is 0 Å². The average Bonchev–Trinajstić information content (AvgIpc) is 3.28.